The van der Waals surface area contributed by atoms with E-state index in [1.807, 2.05) is 0 Å². The van der Waals surface area contributed by atoms with Crippen LogP contribution in [-0.4, -0.2) is 22.7 Å². The third kappa shape index (κ3) is 2.68. The van der Waals surface area contributed by atoms with Gasteiger partial charge in [-0.25, -0.2) is 10.6 Å². The van der Waals surface area contributed by atoms with Gasteiger partial charge in [0.1, 0.15) is 0 Å². The molecule has 0 bridgehead atoms. The monoisotopic (exact) mass is 183 g/mol. The van der Waals surface area contributed by atoms with Gasteiger partial charge in [-0.1, -0.05) is 0 Å². The van der Waals surface area contributed by atoms with Crippen molar-refractivity contribution < 1.29 is 9.63 Å². The predicted octanol–water partition coefficient (Wildman–Crippen LogP) is -0.549. The van der Waals surface area contributed by atoms with E-state index in [9.17, 15) is 9.59 Å². The molecule has 1 rings (SSSR count). The number of aromatic amines is 1. The molecule has 0 aliphatic rings. The van der Waals surface area contributed by atoms with Crippen LogP contribution in [0.5, 0.6) is 0 Å². The number of hydrogen-bond acceptors (Lipinski definition) is 4. The van der Waals surface area contributed by atoms with Crippen molar-refractivity contribution in [2.45, 2.75) is 6.92 Å². The molecule has 0 aromatic carbocycles. The molecule has 2 N–H and O–H groups in total. The van der Waals surface area contributed by atoms with Crippen LogP contribution in [0.2, 0.25) is 0 Å². The van der Waals surface area contributed by atoms with Gasteiger partial charge < -0.3 is 0 Å². The Bertz CT molecular complexity index is 327. The predicted molar refractivity (Wildman–Crippen MR) is 43.9 cm³/mol. The van der Waals surface area contributed by atoms with Crippen LogP contribution in [0.15, 0.2) is 16.9 Å². The summed E-state index contributed by atoms with van der Waals surface area (Å²) in [6, 6.07) is 2.53. The second-order valence-electron chi connectivity index (χ2n) is 2.17. The first kappa shape index (κ1) is 9.40. The zero-order valence-corrected chi connectivity index (χ0v) is 7.03. The van der Waals surface area contributed by atoms with Crippen molar-refractivity contribution in [3.8, 4) is 0 Å². The summed E-state index contributed by atoms with van der Waals surface area (Å²) in [5.41, 5.74) is 1.90. The molecule has 6 nitrogen and oxygen atoms in total. The minimum absolute atomic E-state index is 0.105. The van der Waals surface area contributed by atoms with Gasteiger partial charge in [-0.3, -0.25) is 14.4 Å². The molecular weight excluding hydrogens is 174 g/mol. The van der Waals surface area contributed by atoms with E-state index >= 15 is 0 Å². The lowest BCUT2D eigenvalue weighted by molar-refractivity contribution is 0.0359. The van der Waals surface area contributed by atoms with Crippen LogP contribution < -0.4 is 11.0 Å². The van der Waals surface area contributed by atoms with Crippen molar-refractivity contribution in [2.75, 3.05) is 6.61 Å². The highest BCUT2D eigenvalue weighted by Gasteiger charge is 2.05. The van der Waals surface area contributed by atoms with Crippen LogP contribution in [0.4, 0.5) is 0 Å². The number of H-pyrrole nitrogens is 1. The fourth-order valence-electron chi connectivity index (χ4n) is 0.661. The molecule has 1 amide bonds. The first-order valence-corrected chi connectivity index (χ1v) is 3.72. The van der Waals surface area contributed by atoms with E-state index in [1.165, 1.54) is 12.1 Å². The molecule has 1 aromatic rings. The van der Waals surface area contributed by atoms with E-state index in [-0.39, 0.29) is 11.3 Å². The minimum atomic E-state index is -0.488. The molecule has 1 heterocycles. The second-order valence-corrected chi connectivity index (χ2v) is 2.17. The Morgan fingerprint density at radius 1 is 1.69 bits per heavy atom. The number of hydroxylamine groups is 1. The van der Waals surface area contributed by atoms with Crippen molar-refractivity contribution in [1.82, 2.24) is 15.7 Å². The Kier molecular flexibility index (Phi) is 3.15. The maximum Gasteiger partial charge on any atom is 0.295 e. The highest BCUT2D eigenvalue weighted by molar-refractivity contribution is 5.91. The lowest BCUT2D eigenvalue weighted by atomic mass is 10.4. The smallest absolute Gasteiger partial charge is 0.274 e. The fraction of sp³-hybridized carbons (Fsp3) is 0.286. The fourth-order valence-corrected chi connectivity index (χ4v) is 0.661. The van der Waals surface area contributed by atoms with Gasteiger partial charge >= 0.3 is 0 Å². The van der Waals surface area contributed by atoms with Crippen LogP contribution in [0.25, 0.3) is 0 Å². The molecule has 0 fully saturated rings. The standard InChI is InChI=1S/C7H9N3O3/c1-2-13-10-7(12)5-3-4-6(11)9-8-5/h3-4H,2H2,1H3,(H,9,11)(H,10,12). The molecule has 0 saturated carbocycles. The molecule has 0 aliphatic carbocycles. The molecule has 0 spiro atoms. The summed E-state index contributed by atoms with van der Waals surface area (Å²) in [5.74, 6) is -0.488. The normalized spacial score (nSPS) is 9.62. The summed E-state index contributed by atoms with van der Waals surface area (Å²) < 4.78 is 0. The zero-order chi connectivity index (χ0) is 9.68. The molecular formula is C7H9N3O3. The molecule has 6 heteroatoms. The number of carbonyl (C=O) groups is 1. The minimum Gasteiger partial charge on any atom is -0.274 e. The SMILES string of the molecule is CCONC(=O)c1ccc(=O)[nH]n1. The number of nitrogens with zero attached hydrogens (tertiary/aromatic N) is 1. The van der Waals surface area contributed by atoms with Gasteiger partial charge in [-0.2, -0.15) is 5.10 Å². The largest absolute Gasteiger partial charge is 0.295 e. The Balaban J connectivity index is 2.66. The average Bonchev–Trinajstić information content (AvgIpc) is 2.15. The average molecular weight is 183 g/mol. The molecule has 0 saturated heterocycles. The molecule has 70 valence electrons. The molecule has 13 heavy (non-hydrogen) atoms. The first-order chi connectivity index (χ1) is 6.24. The van der Waals surface area contributed by atoms with Crippen molar-refractivity contribution in [3.63, 3.8) is 0 Å². The van der Waals surface area contributed by atoms with E-state index in [0.717, 1.165) is 0 Å². The molecule has 0 atom stereocenters. The number of carbonyl (C=O) groups excluding carboxylic acids is 1. The summed E-state index contributed by atoms with van der Waals surface area (Å²) >= 11 is 0. The highest BCUT2D eigenvalue weighted by atomic mass is 16.6. The van der Waals surface area contributed by atoms with Crippen molar-refractivity contribution in [3.05, 3.63) is 28.2 Å². The topological polar surface area (TPSA) is 84.1 Å². The summed E-state index contributed by atoms with van der Waals surface area (Å²) in [5, 5.41) is 5.64. The van der Waals surface area contributed by atoms with E-state index in [1.54, 1.807) is 6.92 Å². The second kappa shape index (κ2) is 4.36. The van der Waals surface area contributed by atoms with Gasteiger partial charge in [0.15, 0.2) is 5.69 Å². The van der Waals surface area contributed by atoms with Crippen LogP contribution in [0.3, 0.4) is 0 Å². The molecule has 0 radical (unpaired) electrons. The lowest BCUT2D eigenvalue weighted by Crippen LogP contribution is -2.25. The van der Waals surface area contributed by atoms with Gasteiger partial charge in [-0.15, -0.1) is 0 Å². The van der Waals surface area contributed by atoms with Gasteiger partial charge in [0.25, 0.3) is 11.5 Å². The van der Waals surface area contributed by atoms with Gasteiger partial charge in [0.2, 0.25) is 0 Å². The maximum atomic E-state index is 11.1. The van der Waals surface area contributed by atoms with Crippen molar-refractivity contribution in [2.24, 2.45) is 0 Å². The third-order valence-corrected chi connectivity index (χ3v) is 1.22. The summed E-state index contributed by atoms with van der Waals surface area (Å²) in [7, 11) is 0. The number of amides is 1. The van der Waals surface area contributed by atoms with E-state index in [2.05, 4.69) is 20.5 Å². The quantitative estimate of drug-likeness (QED) is 0.616. The zero-order valence-electron chi connectivity index (χ0n) is 7.03. The van der Waals surface area contributed by atoms with Crippen LogP contribution in [-0.2, 0) is 4.84 Å². The maximum absolute atomic E-state index is 11.1. The van der Waals surface area contributed by atoms with Gasteiger partial charge in [-0.05, 0) is 13.0 Å². The highest BCUT2D eigenvalue weighted by Crippen LogP contribution is 1.87. The first-order valence-electron chi connectivity index (χ1n) is 3.72. The van der Waals surface area contributed by atoms with E-state index in [0.29, 0.717) is 6.61 Å². The molecule has 0 aliphatic heterocycles. The van der Waals surface area contributed by atoms with E-state index in [4.69, 9.17) is 0 Å². The Morgan fingerprint density at radius 2 is 2.46 bits per heavy atom. The van der Waals surface area contributed by atoms with Crippen LogP contribution in [0.1, 0.15) is 17.4 Å². The number of nitrogens with one attached hydrogen (secondary N) is 2. The van der Waals surface area contributed by atoms with E-state index < -0.39 is 5.91 Å². The van der Waals surface area contributed by atoms with Gasteiger partial charge in [0.05, 0.1) is 6.61 Å². The third-order valence-electron chi connectivity index (χ3n) is 1.22. The molecule has 1 aromatic heterocycles. The van der Waals surface area contributed by atoms with Crippen LogP contribution in [0, 0.1) is 0 Å². The summed E-state index contributed by atoms with van der Waals surface area (Å²) in [6.07, 6.45) is 0. The Morgan fingerprint density at radius 3 is 3.00 bits per heavy atom. The van der Waals surface area contributed by atoms with Crippen molar-refractivity contribution >= 4 is 5.91 Å². The van der Waals surface area contributed by atoms with Crippen molar-refractivity contribution in [1.29, 1.82) is 0 Å². The molecule has 0 unspecified atom stereocenters. The van der Waals surface area contributed by atoms with Crippen LogP contribution >= 0.6 is 0 Å². The van der Waals surface area contributed by atoms with Gasteiger partial charge in [0, 0.05) is 6.07 Å². The number of hydrogen-bond donors (Lipinski definition) is 2. The Hall–Kier alpha value is -1.69. The number of rotatable bonds is 3. The number of aromatic nitrogens is 2. The lowest BCUT2D eigenvalue weighted by Gasteiger charge is -2.00. The summed E-state index contributed by atoms with van der Waals surface area (Å²) in [4.78, 5) is 26.3. The Labute approximate surface area is 73.9 Å². The summed E-state index contributed by atoms with van der Waals surface area (Å²) in [6.45, 7) is 2.11.